The molecular weight excluding hydrogens is 324 g/mol. The fraction of sp³-hybridized carbons (Fsp3) is 0.333. The molecule has 1 fully saturated rings. The van der Waals surface area contributed by atoms with Crippen LogP contribution in [0.5, 0.6) is 0 Å². The Morgan fingerprint density at radius 1 is 1.12 bits per heavy atom. The fourth-order valence-electron chi connectivity index (χ4n) is 3.86. The summed E-state index contributed by atoms with van der Waals surface area (Å²) in [5, 5.41) is 14.8. The van der Waals surface area contributed by atoms with Gasteiger partial charge in [-0.2, -0.15) is 5.10 Å². The molecule has 1 aromatic carbocycles. The number of aliphatic hydroxyl groups is 1. The molecule has 1 N–H and O–H groups in total. The van der Waals surface area contributed by atoms with Gasteiger partial charge in [-0.25, -0.2) is 4.68 Å². The van der Waals surface area contributed by atoms with Crippen molar-refractivity contribution in [1.29, 1.82) is 0 Å². The highest BCUT2D eigenvalue weighted by molar-refractivity contribution is 5.31. The van der Waals surface area contributed by atoms with Crippen molar-refractivity contribution in [2.24, 2.45) is 0 Å². The molecule has 0 amide bonds. The third-order valence-corrected chi connectivity index (χ3v) is 5.44. The number of nitrogens with zero attached hydrogens (tertiary/aromatic N) is 4. The van der Waals surface area contributed by atoms with E-state index in [0.717, 1.165) is 37.4 Å². The number of aryl methyl sites for hydroxylation is 1. The smallest absolute Gasteiger partial charge is 0.0676 e. The van der Waals surface area contributed by atoms with E-state index in [9.17, 15) is 5.11 Å². The normalized spacial score (nSPS) is 20.5. The van der Waals surface area contributed by atoms with E-state index in [-0.39, 0.29) is 12.0 Å². The van der Waals surface area contributed by atoms with Crippen LogP contribution in [-0.4, -0.2) is 44.5 Å². The van der Waals surface area contributed by atoms with E-state index in [1.807, 2.05) is 22.9 Å². The van der Waals surface area contributed by atoms with E-state index in [0.29, 0.717) is 0 Å². The van der Waals surface area contributed by atoms with Crippen molar-refractivity contribution in [2.45, 2.75) is 25.3 Å². The Balaban J connectivity index is 1.52. The molecule has 4 rings (SSSR count). The molecular formula is C21H24N4O. The molecule has 1 saturated heterocycles. The van der Waals surface area contributed by atoms with Gasteiger partial charge in [0, 0.05) is 42.7 Å². The first-order valence-electron chi connectivity index (χ1n) is 9.04. The lowest BCUT2D eigenvalue weighted by Gasteiger charge is -2.28. The lowest BCUT2D eigenvalue weighted by Crippen LogP contribution is -2.34. The van der Waals surface area contributed by atoms with E-state index in [2.05, 4.69) is 52.4 Å². The Labute approximate surface area is 153 Å². The summed E-state index contributed by atoms with van der Waals surface area (Å²) in [5.74, 6) is 0. The van der Waals surface area contributed by atoms with Gasteiger partial charge in [0.2, 0.25) is 0 Å². The first kappa shape index (κ1) is 16.9. The Kier molecular flexibility index (Phi) is 4.57. The number of hydrogen-bond donors (Lipinski definition) is 1. The molecule has 0 saturated carbocycles. The van der Waals surface area contributed by atoms with Gasteiger partial charge in [-0.3, -0.25) is 9.88 Å². The molecule has 5 nitrogen and oxygen atoms in total. The van der Waals surface area contributed by atoms with Crippen molar-refractivity contribution in [2.75, 3.05) is 19.7 Å². The standard InChI is InChI=1S/C21H24N4O/c1-17-18(14-25(23-17)20-7-10-22-11-8-20)13-24-12-9-21(15-24,16-26)19-5-3-2-4-6-19/h2-8,10-11,14,26H,9,12-13,15-16H2,1H3. The van der Waals surface area contributed by atoms with Crippen LogP contribution in [-0.2, 0) is 12.0 Å². The number of benzene rings is 1. The number of aromatic nitrogens is 3. The summed E-state index contributed by atoms with van der Waals surface area (Å²) in [6.45, 7) is 4.94. The van der Waals surface area contributed by atoms with E-state index in [4.69, 9.17) is 0 Å². The quantitative estimate of drug-likeness (QED) is 0.770. The Morgan fingerprint density at radius 2 is 1.88 bits per heavy atom. The SMILES string of the molecule is Cc1nn(-c2ccncc2)cc1CN1CCC(CO)(c2ccccc2)C1. The van der Waals surface area contributed by atoms with Crippen LogP contribution in [0, 0.1) is 6.92 Å². The summed E-state index contributed by atoms with van der Waals surface area (Å²) in [7, 11) is 0. The maximum Gasteiger partial charge on any atom is 0.0676 e. The largest absolute Gasteiger partial charge is 0.395 e. The van der Waals surface area contributed by atoms with Gasteiger partial charge in [-0.05, 0) is 37.6 Å². The lowest BCUT2D eigenvalue weighted by molar-refractivity contribution is 0.188. The van der Waals surface area contributed by atoms with Crippen LogP contribution in [0.2, 0.25) is 0 Å². The number of pyridine rings is 1. The molecule has 2 aromatic heterocycles. The second-order valence-corrected chi connectivity index (χ2v) is 7.15. The molecule has 3 aromatic rings. The lowest BCUT2D eigenvalue weighted by atomic mass is 9.80. The Hall–Kier alpha value is -2.50. The van der Waals surface area contributed by atoms with Crippen LogP contribution >= 0.6 is 0 Å². The minimum Gasteiger partial charge on any atom is -0.395 e. The predicted molar refractivity (Wildman–Crippen MR) is 101 cm³/mol. The van der Waals surface area contributed by atoms with Crippen LogP contribution in [0.1, 0.15) is 23.2 Å². The maximum atomic E-state index is 10.1. The van der Waals surface area contributed by atoms with Crippen molar-refractivity contribution < 1.29 is 5.11 Å². The molecule has 0 radical (unpaired) electrons. The molecule has 26 heavy (non-hydrogen) atoms. The van der Waals surface area contributed by atoms with Crippen LogP contribution in [0.4, 0.5) is 0 Å². The zero-order chi connectivity index (χ0) is 18.0. The molecule has 1 aliphatic rings. The van der Waals surface area contributed by atoms with Gasteiger partial charge >= 0.3 is 0 Å². The van der Waals surface area contributed by atoms with Gasteiger partial charge in [-0.1, -0.05) is 30.3 Å². The summed E-state index contributed by atoms with van der Waals surface area (Å²) in [6.07, 6.45) is 6.64. The highest BCUT2D eigenvalue weighted by Crippen LogP contribution is 2.35. The minimum atomic E-state index is -0.156. The summed E-state index contributed by atoms with van der Waals surface area (Å²) in [6, 6.07) is 14.3. The first-order valence-corrected chi connectivity index (χ1v) is 9.04. The third-order valence-electron chi connectivity index (χ3n) is 5.44. The minimum absolute atomic E-state index is 0.156. The van der Waals surface area contributed by atoms with Crippen molar-refractivity contribution in [3.8, 4) is 5.69 Å². The molecule has 0 bridgehead atoms. The number of aliphatic hydroxyl groups excluding tert-OH is 1. The van der Waals surface area contributed by atoms with E-state index in [1.54, 1.807) is 12.4 Å². The molecule has 1 aliphatic heterocycles. The fourth-order valence-corrected chi connectivity index (χ4v) is 3.86. The zero-order valence-corrected chi connectivity index (χ0v) is 15.0. The highest BCUT2D eigenvalue weighted by Gasteiger charge is 2.39. The summed E-state index contributed by atoms with van der Waals surface area (Å²) >= 11 is 0. The summed E-state index contributed by atoms with van der Waals surface area (Å²) < 4.78 is 1.92. The second kappa shape index (κ2) is 7.02. The van der Waals surface area contributed by atoms with E-state index < -0.39 is 0 Å². The average Bonchev–Trinajstić information content (AvgIpc) is 3.28. The van der Waals surface area contributed by atoms with Crippen LogP contribution in [0.3, 0.4) is 0 Å². The van der Waals surface area contributed by atoms with Gasteiger partial charge in [0.1, 0.15) is 0 Å². The number of rotatable bonds is 5. The monoisotopic (exact) mass is 348 g/mol. The van der Waals surface area contributed by atoms with Crippen molar-refractivity contribution >= 4 is 0 Å². The average molecular weight is 348 g/mol. The van der Waals surface area contributed by atoms with Crippen LogP contribution in [0.15, 0.2) is 61.1 Å². The van der Waals surface area contributed by atoms with Crippen molar-refractivity contribution in [3.63, 3.8) is 0 Å². The predicted octanol–water partition coefficient (Wildman–Crippen LogP) is 2.71. The van der Waals surface area contributed by atoms with Gasteiger partial charge in [-0.15, -0.1) is 0 Å². The highest BCUT2D eigenvalue weighted by atomic mass is 16.3. The second-order valence-electron chi connectivity index (χ2n) is 7.15. The summed E-state index contributed by atoms with van der Waals surface area (Å²) in [5.41, 5.74) is 4.36. The van der Waals surface area contributed by atoms with Crippen LogP contribution < -0.4 is 0 Å². The molecule has 1 unspecified atom stereocenters. The van der Waals surface area contributed by atoms with Crippen LogP contribution in [0.25, 0.3) is 5.69 Å². The molecule has 134 valence electrons. The van der Waals surface area contributed by atoms with Crippen molar-refractivity contribution in [1.82, 2.24) is 19.7 Å². The van der Waals surface area contributed by atoms with Gasteiger partial charge in [0.15, 0.2) is 0 Å². The molecule has 0 spiro atoms. The van der Waals surface area contributed by atoms with Gasteiger partial charge in [0.25, 0.3) is 0 Å². The molecule has 5 heteroatoms. The van der Waals surface area contributed by atoms with Crippen molar-refractivity contribution in [3.05, 3.63) is 77.9 Å². The Bertz CT molecular complexity index is 862. The third kappa shape index (κ3) is 3.16. The van der Waals surface area contributed by atoms with Gasteiger partial charge < -0.3 is 5.11 Å². The van der Waals surface area contributed by atoms with E-state index >= 15 is 0 Å². The molecule has 3 heterocycles. The molecule has 0 aliphatic carbocycles. The zero-order valence-electron chi connectivity index (χ0n) is 15.0. The topological polar surface area (TPSA) is 54.2 Å². The number of likely N-dealkylation sites (tertiary alicyclic amines) is 1. The number of hydrogen-bond acceptors (Lipinski definition) is 4. The van der Waals surface area contributed by atoms with Gasteiger partial charge in [0.05, 0.1) is 18.0 Å². The van der Waals surface area contributed by atoms with E-state index in [1.165, 1.54) is 11.1 Å². The summed E-state index contributed by atoms with van der Waals surface area (Å²) in [4.78, 5) is 6.49. The maximum absolute atomic E-state index is 10.1. The Morgan fingerprint density at radius 3 is 2.62 bits per heavy atom. The molecule has 1 atom stereocenters. The first-order chi connectivity index (χ1) is 12.7.